The van der Waals surface area contributed by atoms with Gasteiger partial charge >= 0.3 is 5.97 Å². The highest BCUT2D eigenvalue weighted by Crippen LogP contribution is 2.52. The standard InChI is InChI=1S/C27H31N5O8S2/c1-13(10-33)28-24(35)19-12-41-27(29-19)30-8-18(9-30)42-23-14(2)21-20(15(3)34)25(36)31(21)22(23)26(37)40-11-16-4-6-17(7-5-16)32(38)39/h4-7,12-15,18,20-21,33-34H,8-11H2,1-3H3,(H,28,35)/t13-,14+,15+,20+,21+/m0/s1. The van der Waals surface area contributed by atoms with Crippen LogP contribution in [0.15, 0.2) is 40.2 Å². The summed E-state index contributed by atoms with van der Waals surface area (Å²) in [5, 5.41) is 35.4. The number of aromatic nitrogens is 1. The minimum Gasteiger partial charge on any atom is -0.456 e. The molecule has 5 atom stereocenters. The lowest BCUT2D eigenvalue weighted by molar-refractivity contribution is -0.384. The number of fused-ring (bicyclic) bond motifs is 1. The molecular weight excluding hydrogens is 586 g/mol. The van der Waals surface area contributed by atoms with Crippen molar-refractivity contribution in [1.29, 1.82) is 0 Å². The molecule has 3 aliphatic heterocycles. The molecule has 1 aromatic heterocycles. The van der Waals surface area contributed by atoms with Crippen LogP contribution in [0, 0.1) is 22.0 Å². The van der Waals surface area contributed by atoms with Crippen LogP contribution < -0.4 is 10.2 Å². The van der Waals surface area contributed by atoms with Gasteiger partial charge in [-0.15, -0.1) is 23.1 Å². The third kappa shape index (κ3) is 5.61. The Bertz CT molecular complexity index is 1420. The number of nitrogens with one attached hydrogen (secondary N) is 1. The van der Waals surface area contributed by atoms with Crippen molar-refractivity contribution in [2.45, 2.75) is 50.8 Å². The van der Waals surface area contributed by atoms with E-state index in [1.165, 1.54) is 52.3 Å². The minimum atomic E-state index is -0.862. The zero-order chi connectivity index (χ0) is 30.3. The molecule has 0 aliphatic carbocycles. The normalized spacial score (nSPS) is 23.2. The Morgan fingerprint density at radius 3 is 2.60 bits per heavy atom. The maximum atomic E-state index is 13.4. The number of aliphatic hydroxyl groups is 2. The fraction of sp³-hybridized carbons (Fsp3) is 0.481. The van der Waals surface area contributed by atoms with E-state index in [-0.39, 0.29) is 65.4 Å². The van der Waals surface area contributed by atoms with E-state index in [0.29, 0.717) is 23.8 Å². The summed E-state index contributed by atoms with van der Waals surface area (Å²) >= 11 is 2.85. The number of esters is 1. The van der Waals surface area contributed by atoms with Crippen molar-refractivity contribution in [3.8, 4) is 0 Å². The van der Waals surface area contributed by atoms with Gasteiger partial charge in [0.05, 0.1) is 29.6 Å². The molecular formula is C27H31N5O8S2. The van der Waals surface area contributed by atoms with Crippen molar-refractivity contribution in [2.24, 2.45) is 11.8 Å². The topological polar surface area (TPSA) is 175 Å². The Morgan fingerprint density at radius 1 is 1.29 bits per heavy atom. The molecule has 15 heteroatoms. The molecule has 3 N–H and O–H groups in total. The van der Waals surface area contributed by atoms with Gasteiger partial charge in [0.2, 0.25) is 5.91 Å². The zero-order valence-electron chi connectivity index (χ0n) is 23.1. The summed E-state index contributed by atoms with van der Waals surface area (Å²) in [6.07, 6.45) is -0.862. The molecule has 0 radical (unpaired) electrons. The number of nitro benzene ring substituents is 1. The molecule has 4 heterocycles. The first kappa shape index (κ1) is 29.9. The molecule has 0 spiro atoms. The van der Waals surface area contributed by atoms with E-state index in [2.05, 4.69) is 10.3 Å². The Labute approximate surface area is 249 Å². The number of β-lactam (4-membered cyclic amide) rings is 1. The number of nitrogens with zero attached hydrogens (tertiary/aromatic N) is 4. The summed E-state index contributed by atoms with van der Waals surface area (Å²) in [7, 11) is 0. The monoisotopic (exact) mass is 617 g/mol. The number of aliphatic hydroxyl groups excluding tert-OH is 2. The van der Waals surface area contributed by atoms with Gasteiger partial charge in [-0.1, -0.05) is 6.92 Å². The molecule has 0 saturated carbocycles. The van der Waals surface area contributed by atoms with Crippen LogP contribution in [0.3, 0.4) is 0 Å². The predicted molar refractivity (Wildman–Crippen MR) is 155 cm³/mol. The number of rotatable bonds is 11. The van der Waals surface area contributed by atoms with Gasteiger partial charge < -0.3 is 30.1 Å². The SMILES string of the molecule is C[C@@H](CO)NC(=O)c1csc(N2CC(SC3=C(C(=O)OCc4ccc([N+](=O)[O-])cc4)N4C(=O)[C@H]([C@@H](C)O)[C@H]4[C@H]3C)C2)n1. The number of hydrogen-bond donors (Lipinski definition) is 3. The van der Waals surface area contributed by atoms with Crippen molar-refractivity contribution in [3.63, 3.8) is 0 Å². The molecule has 3 aliphatic rings. The van der Waals surface area contributed by atoms with E-state index < -0.39 is 22.9 Å². The first-order valence-electron chi connectivity index (χ1n) is 13.4. The summed E-state index contributed by atoms with van der Waals surface area (Å²) in [4.78, 5) is 57.7. The average molecular weight is 618 g/mol. The first-order valence-corrected chi connectivity index (χ1v) is 15.2. The number of benzene rings is 1. The third-order valence-corrected chi connectivity index (χ3v) is 9.96. The van der Waals surface area contributed by atoms with Gasteiger partial charge in [0.15, 0.2) is 5.13 Å². The quantitative estimate of drug-likeness (QED) is 0.145. The maximum absolute atomic E-state index is 13.4. The van der Waals surface area contributed by atoms with Gasteiger partial charge in [-0.05, 0) is 31.5 Å². The van der Waals surface area contributed by atoms with Crippen LogP contribution in [0.1, 0.15) is 36.8 Å². The first-order chi connectivity index (χ1) is 20.0. The number of carbonyl (C=O) groups is 3. The van der Waals surface area contributed by atoms with Crippen LogP contribution in [-0.2, 0) is 20.9 Å². The lowest BCUT2D eigenvalue weighted by Gasteiger charge is -2.46. The summed E-state index contributed by atoms with van der Waals surface area (Å²) in [6, 6.07) is 4.96. The van der Waals surface area contributed by atoms with E-state index in [1.807, 2.05) is 11.8 Å². The number of hydrogen-bond acceptors (Lipinski definition) is 12. The van der Waals surface area contributed by atoms with Crippen LogP contribution in [0.2, 0.25) is 0 Å². The van der Waals surface area contributed by atoms with Crippen molar-refractivity contribution >= 4 is 51.7 Å². The second kappa shape index (κ2) is 12.0. The molecule has 42 heavy (non-hydrogen) atoms. The lowest BCUT2D eigenvalue weighted by Crippen LogP contribution is -2.63. The van der Waals surface area contributed by atoms with Gasteiger partial charge in [-0.2, -0.15) is 0 Å². The van der Waals surface area contributed by atoms with Gasteiger partial charge in [0.25, 0.3) is 11.6 Å². The van der Waals surface area contributed by atoms with Crippen LogP contribution in [0.5, 0.6) is 0 Å². The molecule has 224 valence electrons. The minimum absolute atomic E-state index is 0.0719. The Balaban J connectivity index is 1.27. The number of thioether (sulfide) groups is 1. The molecule has 13 nitrogen and oxygen atoms in total. The van der Waals surface area contributed by atoms with Crippen molar-refractivity contribution in [1.82, 2.24) is 15.2 Å². The summed E-state index contributed by atoms with van der Waals surface area (Å²) < 4.78 is 5.56. The van der Waals surface area contributed by atoms with Crippen molar-refractivity contribution in [2.75, 3.05) is 24.6 Å². The van der Waals surface area contributed by atoms with Crippen LogP contribution in [0.25, 0.3) is 0 Å². The summed E-state index contributed by atoms with van der Waals surface area (Å²) in [5.41, 5.74) is 0.965. The summed E-state index contributed by atoms with van der Waals surface area (Å²) in [6.45, 7) is 6.15. The Kier molecular flexibility index (Phi) is 8.55. The van der Waals surface area contributed by atoms with Gasteiger partial charge in [0, 0.05) is 52.7 Å². The van der Waals surface area contributed by atoms with E-state index in [9.17, 15) is 29.6 Å². The van der Waals surface area contributed by atoms with E-state index in [1.54, 1.807) is 19.2 Å². The van der Waals surface area contributed by atoms with Crippen LogP contribution >= 0.6 is 23.1 Å². The molecule has 5 rings (SSSR count). The Morgan fingerprint density at radius 2 is 1.98 bits per heavy atom. The number of thiazole rings is 1. The molecule has 2 fully saturated rings. The van der Waals surface area contributed by atoms with Crippen LogP contribution in [-0.4, -0.2) is 85.9 Å². The lowest BCUT2D eigenvalue weighted by atomic mass is 9.79. The van der Waals surface area contributed by atoms with E-state index in [0.717, 1.165) is 4.91 Å². The third-order valence-electron chi connectivity index (χ3n) is 7.61. The highest BCUT2D eigenvalue weighted by atomic mass is 32.2. The number of anilines is 1. The summed E-state index contributed by atoms with van der Waals surface area (Å²) in [5.74, 6) is -2.13. The number of non-ortho nitro benzene ring substituents is 1. The average Bonchev–Trinajstić information content (AvgIpc) is 3.50. The number of carbonyl (C=O) groups excluding carboxylic acids is 3. The zero-order valence-corrected chi connectivity index (χ0v) is 24.8. The van der Waals surface area contributed by atoms with Crippen molar-refractivity contribution in [3.05, 3.63) is 61.6 Å². The fourth-order valence-electron chi connectivity index (χ4n) is 5.31. The molecule has 2 aromatic rings. The number of nitro groups is 1. The van der Waals surface area contributed by atoms with Crippen molar-refractivity contribution < 1.29 is 34.3 Å². The maximum Gasteiger partial charge on any atom is 0.356 e. The molecule has 2 amide bonds. The van der Waals surface area contributed by atoms with E-state index in [4.69, 9.17) is 9.84 Å². The van der Waals surface area contributed by atoms with Gasteiger partial charge in [-0.3, -0.25) is 19.7 Å². The van der Waals surface area contributed by atoms with Crippen LogP contribution in [0.4, 0.5) is 10.8 Å². The second-order valence-corrected chi connectivity index (χ2v) is 12.9. The highest BCUT2D eigenvalue weighted by molar-refractivity contribution is 8.03. The Hall–Kier alpha value is -3.53. The van der Waals surface area contributed by atoms with Gasteiger partial charge in [0.1, 0.15) is 18.0 Å². The predicted octanol–water partition coefficient (Wildman–Crippen LogP) is 1.90. The second-order valence-electron chi connectivity index (χ2n) is 10.7. The molecule has 2 saturated heterocycles. The number of ether oxygens (including phenoxy) is 1. The molecule has 0 bridgehead atoms. The fourth-order valence-corrected chi connectivity index (χ4v) is 7.65. The molecule has 1 aromatic carbocycles. The van der Waals surface area contributed by atoms with Gasteiger partial charge in [-0.25, -0.2) is 9.78 Å². The number of amides is 2. The highest BCUT2D eigenvalue weighted by Gasteiger charge is 2.60. The largest absolute Gasteiger partial charge is 0.456 e. The smallest absolute Gasteiger partial charge is 0.356 e. The van der Waals surface area contributed by atoms with E-state index >= 15 is 0 Å². The molecule has 0 unspecified atom stereocenters.